The molecule has 3 aromatic carbocycles. The molecule has 1 unspecified atom stereocenters. The summed E-state index contributed by atoms with van der Waals surface area (Å²) < 4.78 is 41.9. The van der Waals surface area contributed by atoms with Crippen molar-refractivity contribution in [1.82, 2.24) is 4.72 Å². The van der Waals surface area contributed by atoms with E-state index in [1.54, 1.807) is 44.2 Å². The van der Waals surface area contributed by atoms with Crippen molar-refractivity contribution in [3.8, 4) is 11.1 Å². The molecule has 0 radical (unpaired) electrons. The summed E-state index contributed by atoms with van der Waals surface area (Å²) in [4.78, 5) is 25.2. The minimum atomic E-state index is -4.61. The van der Waals surface area contributed by atoms with Gasteiger partial charge in [0.25, 0.3) is 0 Å². The van der Waals surface area contributed by atoms with E-state index in [0.29, 0.717) is 6.54 Å². The molecule has 0 spiro atoms. The Kier molecular flexibility index (Phi) is 8.87. The van der Waals surface area contributed by atoms with E-state index in [9.17, 15) is 27.8 Å². The number of carbonyl (C=O) groups excluding carboxylic acids is 1. The maximum atomic E-state index is 13.4. The normalized spacial score (nSPS) is 15.2. The summed E-state index contributed by atoms with van der Waals surface area (Å²) in [6.07, 6.45) is -0.783. The monoisotopic (exact) mass is 529 g/mol. The van der Waals surface area contributed by atoms with Crippen LogP contribution in [0.2, 0.25) is 0 Å². The number of aliphatic carboxylic acids is 1. The van der Waals surface area contributed by atoms with Gasteiger partial charge in [-0.3, -0.25) is 0 Å². The standard InChI is InChI=1S/C26H31N2O6PS/c1-18(2)25(35(31,32)17-24(26(29)30)22-10-6-7-19(15-22)16-27)28-36(33,34)23-13-11-21(12-14-23)20-8-4-3-5-9-20/h3-15,18,24-25,28H,16-17,27H2,1-2H3,(H,29,30)(H,31,32)/p-1/t24-,25+/m0/s1. The van der Waals surface area contributed by atoms with Crippen molar-refractivity contribution in [2.75, 3.05) is 6.16 Å². The summed E-state index contributed by atoms with van der Waals surface area (Å²) >= 11 is 0. The lowest BCUT2D eigenvalue weighted by Crippen LogP contribution is -2.47. The molecule has 0 amide bonds. The Balaban J connectivity index is 1.86. The summed E-state index contributed by atoms with van der Waals surface area (Å²) in [7, 11) is -8.82. The van der Waals surface area contributed by atoms with E-state index < -0.39 is 47.1 Å². The highest BCUT2D eigenvalue weighted by Gasteiger charge is 2.33. The minimum Gasteiger partial charge on any atom is -0.798 e. The van der Waals surface area contributed by atoms with Gasteiger partial charge in [0, 0.05) is 31.0 Å². The van der Waals surface area contributed by atoms with Gasteiger partial charge in [0.15, 0.2) is 0 Å². The number of rotatable bonds is 11. The fraction of sp³-hybridized carbons (Fsp3) is 0.269. The van der Waals surface area contributed by atoms with Gasteiger partial charge >= 0.3 is 0 Å². The van der Waals surface area contributed by atoms with Crippen LogP contribution in [0.1, 0.15) is 30.9 Å². The molecule has 3 rings (SSSR count). The van der Waals surface area contributed by atoms with E-state index in [2.05, 4.69) is 10.5 Å². The van der Waals surface area contributed by atoms with Crippen LogP contribution in [0, 0.1) is 5.92 Å². The van der Waals surface area contributed by atoms with Gasteiger partial charge in [0.2, 0.25) is 10.0 Å². The lowest BCUT2D eigenvalue weighted by atomic mass is 9.99. The van der Waals surface area contributed by atoms with Gasteiger partial charge in [-0.05, 0) is 40.8 Å². The molecule has 0 aliphatic carbocycles. The van der Waals surface area contributed by atoms with Crippen molar-refractivity contribution in [3.05, 3.63) is 90.0 Å². The van der Waals surface area contributed by atoms with Crippen LogP contribution in [-0.2, 0) is 25.9 Å². The molecule has 0 saturated heterocycles. The maximum absolute atomic E-state index is 13.4. The number of carboxylic acid groups (broad SMARTS) is 1. The fourth-order valence-electron chi connectivity index (χ4n) is 4.00. The third-order valence-electron chi connectivity index (χ3n) is 5.97. The first-order valence-electron chi connectivity index (χ1n) is 11.5. The zero-order chi connectivity index (χ0) is 26.5. The molecule has 0 bridgehead atoms. The van der Waals surface area contributed by atoms with Crippen molar-refractivity contribution in [3.63, 3.8) is 0 Å². The molecule has 3 aromatic rings. The van der Waals surface area contributed by atoms with Gasteiger partial charge in [-0.2, -0.15) is 0 Å². The van der Waals surface area contributed by atoms with Crippen molar-refractivity contribution >= 4 is 23.4 Å². The van der Waals surface area contributed by atoms with Crippen molar-refractivity contribution in [2.24, 2.45) is 5.92 Å². The number of carbonyl (C=O) groups is 1. The van der Waals surface area contributed by atoms with Gasteiger partial charge in [-0.25, -0.2) is 13.1 Å². The average molecular weight is 530 g/mol. The summed E-state index contributed by atoms with van der Waals surface area (Å²) in [6.45, 7) is 3.53. The second-order valence-corrected chi connectivity index (χ2v) is 13.1. The smallest absolute Gasteiger partial charge is 0.241 e. The van der Waals surface area contributed by atoms with Crippen LogP contribution in [0.4, 0.5) is 0 Å². The quantitative estimate of drug-likeness (QED) is 0.359. The second kappa shape index (κ2) is 11.5. The van der Waals surface area contributed by atoms with E-state index >= 15 is 0 Å². The number of hydrogen-bond acceptors (Lipinski definition) is 6. The molecule has 10 heteroatoms. The Morgan fingerprint density at radius 2 is 1.58 bits per heavy atom. The van der Waals surface area contributed by atoms with Gasteiger partial charge in [-0.15, -0.1) is 0 Å². The highest BCUT2D eigenvalue weighted by atomic mass is 32.2. The number of sulfonamides is 1. The molecule has 4 N–H and O–H groups in total. The Morgan fingerprint density at radius 1 is 0.972 bits per heavy atom. The Hall–Kier alpha value is -2.81. The predicted octanol–water partition coefficient (Wildman–Crippen LogP) is 1.53. The van der Waals surface area contributed by atoms with Crippen molar-refractivity contribution < 1.29 is 33.5 Å². The predicted molar refractivity (Wildman–Crippen MR) is 134 cm³/mol. The first-order valence-corrected chi connectivity index (χ1v) is 14.9. The molecular weight excluding hydrogens is 499 g/mol. The SMILES string of the molecule is CC(C)[C@H](NS(=O)(=O)c1ccc(-c2ccccc2)cc1)P(=O)([O-])C[C@H](C(=O)[O-])c1cccc(C[NH3+])c1. The zero-order valence-electron chi connectivity index (χ0n) is 20.2. The van der Waals surface area contributed by atoms with Crippen LogP contribution in [0.25, 0.3) is 11.1 Å². The van der Waals surface area contributed by atoms with Crippen LogP contribution in [0.5, 0.6) is 0 Å². The van der Waals surface area contributed by atoms with E-state index in [1.807, 2.05) is 30.3 Å². The van der Waals surface area contributed by atoms with Crippen molar-refractivity contribution in [1.29, 1.82) is 0 Å². The van der Waals surface area contributed by atoms with Crippen LogP contribution in [0.15, 0.2) is 83.8 Å². The molecule has 3 atom stereocenters. The van der Waals surface area contributed by atoms with Gasteiger partial charge in [-0.1, -0.05) is 74.5 Å². The zero-order valence-corrected chi connectivity index (χ0v) is 21.9. The molecule has 0 saturated carbocycles. The van der Waals surface area contributed by atoms with Crippen LogP contribution in [-0.4, -0.2) is 26.3 Å². The topological polar surface area (TPSA) is 154 Å². The second-order valence-electron chi connectivity index (χ2n) is 8.98. The molecule has 192 valence electrons. The van der Waals surface area contributed by atoms with E-state index in [0.717, 1.165) is 16.7 Å². The van der Waals surface area contributed by atoms with Gasteiger partial charge in [0.1, 0.15) is 0 Å². The highest BCUT2D eigenvalue weighted by Crippen LogP contribution is 2.48. The first kappa shape index (κ1) is 27.8. The van der Waals surface area contributed by atoms with E-state index in [-0.39, 0.29) is 10.5 Å². The number of nitrogens with one attached hydrogen (secondary N) is 1. The average Bonchev–Trinajstić information content (AvgIpc) is 2.86. The van der Waals surface area contributed by atoms with Gasteiger partial charge in [0.05, 0.1) is 17.2 Å². The van der Waals surface area contributed by atoms with Crippen molar-refractivity contribution in [2.45, 2.75) is 37.0 Å². The third kappa shape index (κ3) is 6.69. The first-order chi connectivity index (χ1) is 16.9. The Labute approximate surface area is 211 Å². The number of quaternary nitrogens is 1. The van der Waals surface area contributed by atoms with Crippen LogP contribution in [0.3, 0.4) is 0 Å². The summed E-state index contributed by atoms with van der Waals surface area (Å²) in [5, 5.41) is 11.9. The molecule has 0 fully saturated rings. The summed E-state index contributed by atoms with van der Waals surface area (Å²) in [5.74, 6) is -5.15. The lowest BCUT2D eigenvalue weighted by molar-refractivity contribution is -0.386. The molecule has 36 heavy (non-hydrogen) atoms. The minimum absolute atomic E-state index is 0.0903. The van der Waals surface area contributed by atoms with E-state index in [4.69, 9.17) is 0 Å². The van der Waals surface area contributed by atoms with Crippen LogP contribution >= 0.6 is 7.37 Å². The summed E-state index contributed by atoms with van der Waals surface area (Å²) in [5.41, 5.74) is 6.51. The molecule has 0 aromatic heterocycles. The maximum Gasteiger partial charge on any atom is 0.241 e. The molecule has 0 heterocycles. The third-order valence-corrected chi connectivity index (χ3v) is 10.0. The lowest BCUT2D eigenvalue weighted by Gasteiger charge is -2.38. The fourth-order valence-corrected chi connectivity index (χ4v) is 8.29. The van der Waals surface area contributed by atoms with Crippen LogP contribution < -0.4 is 20.5 Å². The van der Waals surface area contributed by atoms with Gasteiger partial charge < -0.3 is 25.1 Å². The highest BCUT2D eigenvalue weighted by molar-refractivity contribution is 7.89. The molecule has 8 nitrogen and oxygen atoms in total. The van der Waals surface area contributed by atoms with E-state index in [1.165, 1.54) is 18.2 Å². The largest absolute Gasteiger partial charge is 0.798 e. The Bertz CT molecular complexity index is 1340. The number of benzene rings is 3. The summed E-state index contributed by atoms with van der Waals surface area (Å²) in [6, 6.07) is 22.0. The molecule has 0 aliphatic heterocycles. The molecular formula is C26H30N2O6PS-. The number of carboxylic acids is 1. The number of hydrogen-bond donors (Lipinski definition) is 2. The molecule has 0 aliphatic rings. The Morgan fingerprint density at radius 3 is 2.14 bits per heavy atom.